The summed E-state index contributed by atoms with van der Waals surface area (Å²) in [5, 5.41) is 10.9. The summed E-state index contributed by atoms with van der Waals surface area (Å²) in [6, 6.07) is 5.44. The fraction of sp³-hybridized carbons (Fsp3) is 0.167. The minimum atomic E-state index is -1.20. The molecule has 0 heterocycles. The van der Waals surface area contributed by atoms with E-state index in [-0.39, 0.29) is 5.82 Å². The Balaban J connectivity index is 2.63. The maximum absolute atomic E-state index is 12.9. The summed E-state index contributed by atoms with van der Waals surface area (Å²) in [7, 11) is 0. The zero-order valence-electron chi connectivity index (χ0n) is 9.18. The number of carbonyl (C=O) groups is 2. The second-order valence-electron chi connectivity index (χ2n) is 3.46. The van der Waals surface area contributed by atoms with E-state index in [4.69, 9.17) is 5.11 Å². The van der Waals surface area contributed by atoms with Gasteiger partial charge in [-0.3, -0.25) is 4.79 Å². The highest BCUT2D eigenvalue weighted by atomic mass is 19.1. The maximum Gasteiger partial charge on any atom is 0.328 e. The minimum absolute atomic E-state index is 0.385. The molecule has 17 heavy (non-hydrogen) atoms. The molecule has 1 unspecified atom stereocenters. The van der Waals surface area contributed by atoms with E-state index in [1.165, 1.54) is 12.1 Å². The van der Waals surface area contributed by atoms with Crippen LogP contribution in [-0.4, -0.2) is 17.0 Å². The van der Waals surface area contributed by atoms with E-state index in [2.05, 4.69) is 5.32 Å². The Kier molecular flexibility index (Phi) is 4.39. The lowest BCUT2D eigenvalue weighted by Crippen LogP contribution is -2.24. The van der Waals surface area contributed by atoms with E-state index < -0.39 is 17.9 Å². The molecule has 0 spiro atoms. The molecule has 0 aliphatic rings. The zero-order valence-corrected chi connectivity index (χ0v) is 9.18. The minimum Gasteiger partial charge on any atom is -0.478 e. The van der Waals surface area contributed by atoms with Gasteiger partial charge in [0.15, 0.2) is 0 Å². The van der Waals surface area contributed by atoms with Crippen molar-refractivity contribution in [3.63, 3.8) is 0 Å². The molecule has 1 aromatic rings. The van der Waals surface area contributed by atoms with Crippen LogP contribution in [0.3, 0.4) is 0 Å². The summed E-state index contributed by atoms with van der Waals surface area (Å²) in [6.07, 6.45) is 1.66. The molecule has 5 heteroatoms. The Morgan fingerprint density at radius 2 is 2.12 bits per heavy atom. The largest absolute Gasteiger partial charge is 0.478 e. The third kappa shape index (κ3) is 4.46. The summed E-state index contributed by atoms with van der Waals surface area (Å²) in [5.74, 6) is -2.12. The third-order valence-electron chi connectivity index (χ3n) is 2.08. The number of carbonyl (C=O) groups excluding carboxylic acids is 1. The van der Waals surface area contributed by atoms with Gasteiger partial charge >= 0.3 is 5.97 Å². The Hall–Kier alpha value is -2.17. The molecule has 0 saturated heterocycles. The first-order chi connectivity index (χ1) is 7.99. The number of carboxylic acid groups (broad SMARTS) is 1. The topological polar surface area (TPSA) is 66.4 Å². The summed E-state index contributed by atoms with van der Waals surface area (Å²) in [6.45, 7) is 1.68. The lowest BCUT2D eigenvalue weighted by atomic mass is 10.1. The number of rotatable bonds is 4. The SMILES string of the molecule is CC(NC(=O)/C=C/C(=O)O)c1cccc(F)c1. The van der Waals surface area contributed by atoms with Crippen molar-refractivity contribution in [3.05, 3.63) is 47.8 Å². The van der Waals surface area contributed by atoms with E-state index in [0.29, 0.717) is 5.56 Å². The van der Waals surface area contributed by atoms with Gasteiger partial charge < -0.3 is 10.4 Å². The molecular formula is C12H12FNO3. The fourth-order valence-corrected chi connectivity index (χ4v) is 1.27. The first kappa shape index (κ1) is 12.9. The van der Waals surface area contributed by atoms with Crippen molar-refractivity contribution in [2.75, 3.05) is 0 Å². The predicted molar refractivity (Wildman–Crippen MR) is 59.7 cm³/mol. The van der Waals surface area contributed by atoms with Crippen LogP contribution in [0, 0.1) is 5.82 Å². The lowest BCUT2D eigenvalue weighted by molar-refractivity contribution is -0.131. The third-order valence-corrected chi connectivity index (χ3v) is 2.08. The molecule has 1 aromatic carbocycles. The van der Waals surface area contributed by atoms with Crippen LogP contribution in [0.5, 0.6) is 0 Å². The van der Waals surface area contributed by atoms with Gasteiger partial charge in [-0.25, -0.2) is 9.18 Å². The highest BCUT2D eigenvalue weighted by Crippen LogP contribution is 2.13. The Morgan fingerprint density at radius 1 is 1.41 bits per heavy atom. The summed E-state index contributed by atoms with van der Waals surface area (Å²) < 4.78 is 12.9. The van der Waals surface area contributed by atoms with E-state index in [1.54, 1.807) is 19.1 Å². The highest BCUT2D eigenvalue weighted by molar-refractivity contribution is 5.94. The van der Waals surface area contributed by atoms with Crippen LogP contribution >= 0.6 is 0 Å². The molecule has 90 valence electrons. The zero-order chi connectivity index (χ0) is 12.8. The smallest absolute Gasteiger partial charge is 0.328 e. The van der Waals surface area contributed by atoms with Gasteiger partial charge in [0, 0.05) is 12.2 Å². The van der Waals surface area contributed by atoms with Crippen molar-refractivity contribution >= 4 is 11.9 Å². The molecule has 0 aliphatic carbocycles. The molecule has 2 N–H and O–H groups in total. The predicted octanol–water partition coefficient (Wildman–Crippen LogP) is 1.64. The van der Waals surface area contributed by atoms with Crippen LogP contribution in [0.25, 0.3) is 0 Å². The van der Waals surface area contributed by atoms with Gasteiger partial charge in [-0.05, 0) is 24.6 Å². The molecule has 1 atom stereocenters. The van der Waals surface area contributed by atoms with Gasteiger partial charge in [0.1, 0.15) is 5.82 Å². The number of nitrogens with one attached hydrogen (secondary N) is 1. The lowest BCUT2D eigenvalue weighted by Gasteiger charge is -2.12. The summed E-state index contributed by atoms with van der Waals surface area (Å²) >= 11 is 0. The van der Waals surface area contributed by atoms with Crippen molar-refractivity contribution in [3.8, 4) is 0 Å². The molecule has 0 aliphatic heterocycles. The summed E-state index contributed by atoms with van der Waals surface area (Å²) in [4.78, 5) is 21.4. The van der Waals surface area contributed by atoms with E-state index in [9.17, 15) is 14.0 Å². The van der Waals surface area contributed by atoms with Crippen molar-refractivity contribution in [2.24, 2.45) is 0 Å². The molecule has 0 radical (unpaired) electrons. The van der Waals surface area contributed by atoms with Gasteiger partial charge in [-0.1, -0.05) is 12.1 Å². The first-order valence-electron chi connectivity index (χ1n) is 4.96. The average Bonchev–Trinajstić information content (AvgIpc) is 2.26. The molecule has 1 rings (SSSR count). The van der Waals surface area contributed by atoms with Crippen LogP contribution in [0.1, 0.15) is 18.5 Å². The van der Waals surface area contributed by atoms with E-state index >= 15 is 0 Å². The maximum atomic E-state index is 12.9. The number of benzene rings is 1. The van der Waals surface area contributed by atoms with Crippen LogP contribution in [-0.2, 0) is 9.59 Å². The van der Waals surface area contributed by atoms with Crippen LogP contribution in [0.2, 0.25) is 0 Å². The normalized spacial score (nSPS) is 12.4. The van der Waals surface area contributed by atoms with Gasteiger partial charge in [-0.2, -0.15) is 0 Å². The van der Waals surface area contributed by atoms with Crippen LogP contribution in [0.15, 0.2) is 36.4 Å². The number of halogens is 1. The fourth-order valence-electron chi connectivity index (χ4n) is 1.27. The molecule has 0 fully saturated rings. The monoisotopic (exact) mass is 237 g/mol. The quantitative estimate of drug-likeness (QED) is 0.782. The first-order valence-corrected chi connectivity index (χ1v) is 4.96. The Bertz CT molecular complexity index is 457. The molecule has 4 nitrogen and oxygen atoms in total. The van der Waals surface area contributed by atoms with Crippen molar-refractivity contribution in [1.82, 2.24) is 5.32 Å². The average molecular weight is 237 g/mol. The van der Waals surface area contributed by atoms with Crippen LogP contribution in [0.4, 0.5) is 4.39 Å². The Labute approximate surface area is 97.8 Å². The van der Waals surface area contributed by atoms with Crippen LogP contribution < -0.4 is 5.32 Å². The number of carboxylic acids is 1. The molecule has 0 bridgehead atoms. The Morgan fingerprint density at radius 3 is 2.71 bits per heavy atom. The van der Waals surface area contributed by atoms with Crippen molar-refractivity contribution < 1.29 is 19.1 Å². The van der Waals surface area contributed by atoms with E-state index in [1.807, 2.05) is 0 Å². The number of hydrogen-bond donors (Lipinski definition) is 2. The number of aliphatic carboxylic acids is 1. The molecular weight excluding hydrogens is 225 g/mol. The van der Waals surface area contributed by atoms with Crippen molar-refractivity contribution in [2.45, 2.75) is 13.0 Å². The molecule has 0 aromatic heterocycles. The highest BCUT2D eigenvalue weighted by Gasteiger charge is 2.08. The number of amides is 1. The van der Waals surface area contributed by atoms with E-state index in [0.717, 1.165) is 12.2 Å². The van der Waals surface area contributed by atoms with Gasteiger partial charge in [0.2, 0.25) is 5.91 Å². The number of hydrogen-bond acceptors (Lipinski definition) is 2. The summed E-state index contributed by atoms with van der Waals surface area (Å²) in [5.41, 5.74) is 0.613. The standard InChI is InChI=1S/C12H12FNO3/c1-8(9-3-2-4-10(13)7-9)14-11(15)5-6-12(16)17/h2-8H,1H3,(H,14,15)(H,16,17)/b6-5+. The second-order valence-corrected chi connectivity index (χ2v) is 3.46. The van der Waals surface area contributed by atoms with Gasteiger partial charge in [0.25, 0.3) is 0 Å². The van der Waals surface area contributed by atoms with Gasteiger partial charge in [-0.15, -0.1) is 0 Å². The molecule has 0 saturated carbocycles. The second kappa shape index (κ2) is 5.79. The molecule has 1 amide bonds. The van der Waals surface area contributed by atoms with Gasteiger partial charge in [0.05, 0.1) is 6.04 Å². The van der Waals surface area contributed by atoms with Crippen molar-refractivity contribution in [1.29, 1.82) is 0 Å².